The van der Waals surface area contributed by atoms with Crippen LogP contribution in [0.15, 0.2) is 0 Å². The molecule has 0 atom stereocenters. The van der Waals surface area contributed by atoms with Gasteiger partial charge in [-0.3, -0.25) is 0 Å². The lowest BCUT2D eigenvalue weighted by Crippen LogP contribution is -2.07. The molecule has 0 saturated carbocycles. The van der Waals surface area contributed by atoms with E-state index in [-0.39, 0.29) is 0 Å². The van der Waals surface area contributed by atoms with Crippen LogP contribution >= 0.6 is 0 Å². The number of unbranched alkanes of at least 4 members (excludes halogenated alkanes) is 1. The van der Waals surface area contributed by atoms with Crippen molar-refractivity contribution >= 4 is 0 Å². The average Bonchev–Trinajstić information content (AvgIpc) is 1.81. The summed E-state index contributed by atoms with van der Waals surface area (Å²) in [5.41, 5.74) is 5.27. The molecule has 0 rings (SSSR count). The molecule has 0 aromatic rings. The third-order valence-corrected chi connectivity index (χ3v) is 0.994. The maximum Gasteiger partial charge on any atom is 0.0133 e. The average molecular weight is 115 g/mol. The van der Waals surface area contributed by atoms with Gasteiger partial charge in [-0.1, -0.05) is 6.92 Å². The Kier molecular flexibility index (Phi) is 6.85. The van der Waals surface area contributed by atoms with Gasteiger partial charge in [0, 0.05) is 13.1 Å². The van der Waals surface area contributed by atoms with E-state index in [4.69, 9.17) is 5.73 Å². The SMILES string of the molecule is CC[N]CCCCN. The van der Waals surface area contributed by atoms with E-state index < -0.39 is 0 Å². The van der Waals surface area contributed by atoms with Crippen molar-refractivity contribution in [2.24, 2.45) is 5.73 Å². The molecule has 0 heterocycles. The fourth-order valence-electron chi connectivity index (χ4n) is 0.526. The van der Waals surface area contributed by atoms with Crippen molar-refractivity contribution in [1.82, 2.24) is 5.32 Å². The molecule has 0 saturated heterocycles. The second kappa shape index (κ2) is 6.92. The Labute approximate surface area is 51.5 Å². The molecule has 2 heteroatoms. The normalized spacial score (nSPS) is 9.75. The third kappa shape index (κ3) is 5.92. The second-order valence-electron chi connectivity index (χ2n) is 1.76. The van der Waals surface area contributed by atoms with Gasteiger partial charge >= 0.3 is 0 Å². The molecule has 49 valence electrons. The van der Waals surface area contributed by atoms with E-state index in [2.05, 4.69) is 12.2 Å². The van der Waals surface area contributed by atoms with E-state index >= 15 is 0 Å². The minimum Gasteiger partial charge on any atom is -0.330 e. The van der Waals surface area contributed by atoms with Crippen molar-refractivity contribution in [2.75, 3.05) is 19.6 Å². The summed E-state index contributed by atoms with van der Waals surface area (Å²) in [6, 6.07) is 0. The molecule has 0 aromatic heterocycles. The van der Waals surface area contributed by atoms with E-state index in [0.29, 0.717) is 0 Å². The lowest BCUT2D eigenvalue weighted by Gasteiger charge is -1.95. The molecule has 2 nitrogen and oxygen atoms in total. The van der Waals surface area contributed by atoms with Crippen molar-refractivity contribution < 1.29 is 0 Å². The minimum absolute atomic E-state index is 0.805. The number of nitrogens with two attached hydrogens (primary N) is 1. The summed E-state index contributed by atoms with van der Waals surface area (Å²) in [6.45, 7) is 4.81. The van der Waals surface area contributed by atoms with Gasteiger partial charge < -0.3 is 5.73 Å². The molecule has 0 amide bonds. The highest BCUT2D eigenvalue weighted by atomic mass is 14.8. The molecule has 1 radical (unpaired) electrons. The smallest absolute Gasteiger partial charge is 0.0133 e. The van der Waals surface area contributed by atoms with Gasteiger partial charge in [0.25, 0.3) is 0 Å². The van der Waals surface area contributed by atoms with Crippen LogP contribution in [0, 0.1) is 0 Å². The molecule has 0 aliphatic heterocycles. The predicted octanol–water partition coefficient (Wildman–Crippen LogP) is 0.350. The number of hydrogen-bond acceptors (Lipinski definition) is 1. The first kappa shape index (κ1) is 7.92. The fraction of sp³-hybridized carbons (Fsp3) is 1.00. The monoisotopic (exact) mass is 115 g/mol. The molecular formula is C6H15N2. The van der Waals surface area contributed by atoms with Gasteiger partial charge in [0.05, 0.1) is 0 Å². The van der Waals surface area contributed by atoms with Gasteiger partial charge in [0.2, 0.25) is 0 Å². The van der Waals surface area contributed by atoms with Gasteiger partial charge in [-0.25, -0.2) is 5.32 Å². The zero-order valence-corrected chi connectivity index (χ0v) is 5.56. The van der Waals surface area contributed by atoms with Gasteiger partial charge in [-0.2, -0.15) is 0 Å². The maximum atomic E-state index is 5.27. The Morgan fingerprint density at radius 1 is 1.38 bits per heavy atom. The van der Waals surface area contributed by atoms with Crippen molar-refractivity contribution in [3.63, 3.8) is 0 Å². The van der Waals surface area contributed by atoms with Crippen LogP contribution in [-0.4, -0.2) is 19.6 Å². The van der Waals surface area contributed by atoms with Crippen molar-refractivity contribution in [3.05, 3.63) is 0 Å². The zero-order chi connectivity index (χ0) is 6.24. The summed E-state index contributed by atoms with van der Waals surface area (Å²) >= 11 is 0. The van der Waals surface area contributed by atoms with E-state index in [1.165, 1.54) is 0 Å². The highest BCUT2D eigenvalue weighted by Gasteiger charge is 1.83. The van der Waals surface area contributed by atoms with Crippen LogP contribution in [0.1, 0.15) is 19.8 Å². The van der Waals surface area contributed by atoms with E-state index in [1.54, 1.807) is 0 Å². The Hall–Kier alpha value is -0.0800. The Balaban J connectivity index is 2.53. The summed E-state index contributed by atoms with van der Waals surface area (Å²) in [5.74, 6) is 0. The van der Waals surface area contributed by atoms with E-state index in [1.807, 2.05) is 0 Å². The largest absolute Gasteiger partial charge is 0.330 e. The van der Waals surface area contributed by atoms with Crippen molar-refractivity contribution in [1.29, 1.82) is 0 Å². The molecule has 0 aliphatic rings. The Morgan fingerprint density at radius 3 is 2.62 bits per heavy atom. The summed E-state index contributed by atoms with van der Waals surface area (Å²) in [5, 5.41) is 4.15. The molecule has 0 aromatic carbocycles. The maximum absolute atomic E-state index is 5.27. The summed E-state index contributed by atoms with van der Waals surface area (Å²) in [6.07, 6.45) is 2.27. The quantitative estimate of drug-likeness (QED) is 0.516. The van der Waals surface area contributed by atoms with Crippen molar-refractivity contribution in [2.45, 2.75) is 19.8 Å². The summed E-state index contributed by atoms with van der Waals surface area (Å²) in [7, 11) is 0. The zero-order valence-electron chi connectivity index (χ0n) is 5.56. The predicted molar refractivity (Wildman–Crippen MR) is 35.8 cm³/mol. The second-order valence-corrected chi connectivity index (χ2v) is 1.76. The fourth-order valence-corrected chi connectivity index (χ4v) is 0.526. The van der Waals surface area contributed by atoms with E-state index in [9.17, 15) is 0 Å². The van der Waals surface area contributed by atoms with Gasteiger partial charge in [-0.05, 0) is 19.4 Å². The standard InChI is InChI=1S/C6H15N2/c1-2-8-6-4-3-5-7/h2-7H2,1H3. The lowest BCUT2D eigenvalue weighted by molar-refractivity contribution is 0.636. The van der Waals surface area contributed by atoms with Crippen LogP contribution in [0.3, 0.4) is 0 Å². The van der Waals surface area contributed by atoms with Crippen LogP contribution < -0.4 is 11.1 Å². The number of rotatable bonds is 5. The topological polar surface area (TPSA) is 40.1 Å². The highest BCUT2D eigenvalue weighted by molar-refractivity contribution is 4.43. The molecule has 0 aliphatic carbocycles. The Bertz CT molecular complexity index is 31.5. The molecule has 0 bridgehead atoms. The molecule has 0 fully saturated rings. The third-order valence-electron chi connectivity index (χ3n) is 0.994. The lowest BCUT2D eigenvalue weighted by atomic mass is 10.3. The first-order chi connectivity index (χ1) is 3.91. The van der Waals surface area contributed by atoms with E-state index in [0.717, 1.165) is 32.5 Å². The van der Waals surface area contributed by atoms with Crippen molar-refractivity contribution in [3.8, 4) is 0 Å². The number of hydrogen-bond donors (Lipinski definition) is 1. The molecule has 2 N–H and O–H groups in total. The van der Waals surface area contributed by atoms with Crippen LogP contribution in [0.5, 0.6) is 0 Å². The summed E-state index contributed by atoms with van der Waals surface area (Å²) in [4.78, 5) is 0. The van der Waals surface area contributed by atoms with Gasteiger partial charge in [-0.15, -0.1) is 0 Å². The molecule has 8 heavy (non-hydrogen) atoms. The number of nitrogens with zero attached hydrogens (tertiary/aromatic N) is 1. The van der Waals surface area contributed by atoms with Crippen LogP contribution in [0.2, 0.25) is 0 Å². The molecular weight excluding hydrogens is 100 g/mol. The highest BCUT2D eigenvalue weighted by Crippen LogP contribution is 1.81. The molecule has 0 spiro atoms. The van der Waals surface area contributed by atoms with Crippen LogP contribution in [-0.2, 0) is 0 Å². The Morgan fingerprint density at radius 2 is 2.12 bits per heavy atom. The first-order valence-electron chi connectivity index (χ1n) is 3.25. The van der Waals surface area contributed by atoms with Crippen LogP contribution in [0.25, 0.3) is 0 Å². The van der Waals surface area contributed by atoms with Gasteiger partial charge in [0.15, 0.2) is 0 Å². The molecule has 0 unspecified atom stereocenters. The minimum atomic E-state index is 0.805. The summed E-state index contributed by atoms with van der Waals surface area (Å²) < 4.78 is 0. The van der Waals surface area contributed by atoms with Gasteiger partial charge in [0.1, 0.15) is 0 Å². The first-order valence-corrected chi connectivity index (χ1v) is 3.25. The van der Waals surface area contributed by atoms with Crippen LogP contribution in [0.4, 0.5) is 0 Å².